The van der Waals surface area contributed by atoms with E-state index >= 15 is 0 Å². The highest BCUT2D eigenvalue weighted by molar-refractivity contribution is 9.10. The first-order valence-corrected chi connectivity index (χ1v) is 8.95. The van der Waals surface area contributed by atoms with Crippen molar-refractivity contribution >= 4 is 37.3 Å². The number of nitrogens with zero attached hydrogens (tertiary/aromatic N) is 2. The van der Waals surface area contributed by atoms with Gasteiger partial charge in [0.2, 0.25) is 10.0 Å². The van der Waals surface area contributed by atoms with Crippen LogP contribution in [0.15, 0.2) is 27.8 Å². The zero-order valence-electron chi connectivity index (χ0n) is 11.2. The summed E-state index contributed by atoms with van der Waals surface area (Å²) in [6, 6.07) is 1.19. The van der Waals surface area contributed by atoms with Crippen LogP contribution in [0.3, 0.4) is 0 Å². The van der Waals surface area contributed by atoms with Crippen molar-refractivity contribution in [3.63, 3.8) is 0 Å². The number of aryl methyl sites for hydroxylation is 2. The van der Waals surface area contributed by atoms with Crippen LogP contribution >= 0.6 is 27.3 Å². The predicted molar refractivity (Wildman–Crippen MR) is 82.3 cm³/mol. The minimum Gasteiger partial charge on any atom is -0.262 e. The highest BCUT2D eigenvalue weighted by Gasteiger charge is 2.21. The quantitative estimate of drug-likeness (QED) is 0.891. The van der Waals surface area contributed by atoms with E-state index in [1.54, 1.807) is 6.20 Å². The van der Waals surface area contributed by atoms with E-state index in [1.807, 2.05) is 20.8 Å². The smallest absolute Gasteiger partial charge is 0.242 e. The summed E-state index contributed by atoms with van der Waals surface area (Å²) in [5.74, 6) is 0. The number of rotatable bonds is 4. The van der Waals surface area contributed by atoms with Gasteiger partial charge in [-0.2, -0.15) is 0 Å². The highest BCUT2D eigenvalue weighted by Crippen LogP contribution is 2.26. The second-order valence-corrected chi connectivity index (χ2v) is 8.23. The summed E-state index contributed by atoms with van der Waals surface area (Å²) in [4.78, 5) is 9.25. The summed E-state index contributed by atoms with van der Waals surface area (Å²) >= 11 is 4.72. The van der Waals surface area contributed by atoms with Crippen molar-refractivity contribution in [3.05, 3.63) is 38.5 Å². The number of sulfonamides is 1. The fourth-order valence-corrected chi connectivity index (χ4v) is 4.56. The Morgan fingerprint density at radius 1 is 1.35 bits per heavy atom. The van der Waals surface area contributed by atoms with Crippen molar-refractivity contribution in [2.75, 3.05) is 0 Å². The van der Waals surface area contributed by atoms with E-state index in [-0.39, 0.29) is 10.9 Å². The number of pyridine rings is 1. The summed E-state index contributed by atoms with van der Waals surface area (Å²) in [7, 11) is -3.60. The number of nitrogens with one attached hydrogen (secondary N) is 1. The fourth-order valence-electron chi connectivity index (χ4n) is 1.84. The van der Waals surface area contributed by atoms with Crippen molar-refractivity contribution in [2.45, 2.75) is 31.7 Å². The molecule has 108 valence electrons. The van der Waals surface area contributed by atoms with Gasteiger partial charge in [-0.25, -0.2) is 18.1 Å². The van der Waals surface area contributed by atoms with Crippen LogP contribution in [0.5, 0.6) is 0 Å². The first-order valence-electron chi connectivity index (χ1n) is 5.86. The van der Waals surface area contributed by atoms with E-state index < -0.39 is 10.0 Å². The second-order valence-electron chi connectivity index (χ2n) is 4.36. The molecule has 0 aliphatic rings. The average molecular weight is 376 g/mol. The molecule has 0 fully saturated rings. The van der Waals surface area contributed by atoms with Crippen LogP contribution in [0.1, 0.15) is 28.5 Å². The minimum atomic E-state index is -3.60. The SMILES string of the molecule is Cc1nc(C)c(C(C)NS(=O)(=O)c2cncc(Br)c2)s1. The Balaban J connectivity index is 2.26. The maximum atomic E-state index is 12.3. The number of halogens is 1. The molecule has 2 heterocycles. The first kappa shape index (κ1) is 15.6. The molecule has 1 atom stereocenters. The molecule has 5 nitrogen and oxygen atoms in total. The highest BCUT2D eigenvalue weighted by atomic mass is 79.9. The van der Waals surface area contributed by atoms with E-state index in [0.717, 1.165) is 15.6 Å². The predicted octanol–water partition coefficient (Wildman–Crippen LogP) is 2.96. The molecule has 0 aliphatic carbocycles. The Morgan fingerprint density at radius 2 is 2.05 bits per heavy atom. The van der Waals surface area contributed by atoms with Crippen molar-refractivity contribution in [2.24, 2.45) is 0 Å². The minimum absolute atomic E-state index is 0.137. The molecule has 1 N–H and O–H groups in total. The Hall–Kier alpha value is -0.830. The lowest BCUT2D eigenvalue weighted by molar-refractivity contribution is 0.567. The first-order chi connectivity index (χ1) is 9.29. The Kier molecular flexibility index (Phi) is 4.58. The molecular formula is C12H14BrN3O2S2. The Labute approximate surface area is 130 Å². The van der Waals surface area contributed by atoms with Crippen molar-refractivity contribution in [3.8, 4) is 0 Å². The van der Waals surface area contributed by atoms with Crippen LogP contribution in [0.4, 0.5) is 0 Å². The van der Waals surface area contributed by atoms with Gasteiger partial charge in [0.05, 0.1) is 16.7 Å². The van der Waals surface area contributed by atoms with Gasteiger partial charge in [0.1, 0.15) is 4.90 Å². The molecule has 2 aromatic heterocycles. The summed E-state index contributed by atoms with van der Waals surface area (Å²) in [5, 5.41) is 0.924. The number of hydrogen-bond donors (Lipinski definition) is 1. The van der Waals surface area contributed by atoms with Crippen LogP contribution < -0.4 is 4.72 Å². The summed E-state index contributed by atoms with van der Waals surface area (Å²) in [6.45, 7) is 5.59. The lowest BCUT2D eigenvalue weighted by Crippen LogP contribution is -2.26. The molecule has 20 heavy (non-hydrogen) atoms. The van der Waals surface area contributed by atoms with Crippen molar-refractivity contribution in [1.82, 2.24) is 14.7 Å². The van der Waals surface area contributed by atoms with Gasteiger partial charge in [-0.3, -0.25) is 4.98 Å². The molecule has 0 saturated carbocycles. The van der Waals surface area contributed by atoms with Crippen molar-refractivity contribution < 1.29 is 8.42 Å². The lowest BCUT2D eigenvalue weighted by Gasteiger charge is -2.13. The van der Waals surface area contributed by atoms with E-state index in [9.17, 15) is 8.42 Å². The molecular weight excluding hydrogens is 362 g/mol. The van der Waals surface area contributed by atoms with Crippen LogP contribution in [-0.4, -0.2) is 18.4 Å². The molecule has 8 heteroatoms. The third-order valence-electron chi connectivity index (χ3n) is 2.65. The van der Waals surface area contributed by atoms with Gasteiger partial charge in [-0.1, -0.05) is 0 Å². The molecule has 0 saturated heterocycles. The maximum absolute atomic E-state index is 12.3. The second kappa shape index (κ2) is 5.88. The van der Waals surface area contributed by atoms with Crippen molar-refractivity contribution in [1.29, 1.82) is 0 Å². The third-order valence-corrected chi connectivity index (χ3v) is 5.85. The van der Waals surface area contributed by atoms with Gasteiger partial charge >= 0.3 is 0 Å². The standard InChI is InChI=1S/C12H14BrN3O2S2/c1-7-12(19-9(3)15-7)8(2)16-20(17,18)11-4-10(13)5-14-6-11/h4-6,8,16H,1-3H3. The molecule has 0 spiro atoms. The van der Waals surface area contributed by atoms with Crippen LogP contribution in [0.2, 0.25) is 0 Å². The van der Waals surface area contributed by atoms with Gasteiger partial charge in [0.25, 0.3) is 0 Å². The van der Waals surface area contributed by atoms with Gasteiger partial charge in [-0.05, 0) is 42.8 Å². The van der Waals surface area contributed by atoms with E-state index in [1.165, 1.54) is 23.6 Å². The lowest BCUT2D eigenvalue weighted by atomic mass is 10.2. The van der Waals surface area contributed by atoms with Gasteiger partial charge in [0, 0.05) is 21.7 Å². The molecule has 0 radical (unpaired) electrons. The summed E-state index contributed by atoms with van der Waals surface area (Å²) in [5.41, 5.74) is 0.857. The third kappa shape index (κ3) is 3.43. The van der Waals surface area contributed by atoms with E-state index in [0.29, 0.717) is 4.47 Å². The van der Waals surface area contributed by atoms with E-state index in [2.05, 4.69) is 30.6 Å². The zero-order valence-corrected chi connectivity index (χ0v) is 14.4. The van der Waals surface area contributed by atoms with Gasteiger partial charge in [0.15, 0.2) is 0 Å². The molecule has 0 bridgehead atoms. The molecule has 1 unspecified atom stereocenters. The zero-order chi connectivity index (χ0) is 14.9. The van der Waals surface area contributed by atoms with E-state index in [4.69, 9.17) is 0 Å². The average Bonchev–Trinajstić information content (AvgIpc) is 2.68. The Bertz CT molecular complexity index is 728. The number of aromatic nitrogens is 2. The monoisotopic (exact) mass is 375 g/mol. The summed E-state index contributed by atoms with van der Waals surface area (Å²) in [6.07, 6.45) is 2.86. The van der Waals surface area contributed by atoms with Crippen LogP contribution in [0, 0.1) is 13.8 Å². The van der Waals surface area contributed by atoms with Crippen LogP contribution in [0.25, 0.3) is 0 Å². The van der Waals surface area contributed by atoms with Gasteiger partial charge in [-0.15, -0.1) is 11.3 Å². The molecule has 0 aromatic carbocycles. The molecule has 0 aliphatic heterocycles. The largest absolute Gasteiger partial charge is 0.262 e. The molecule has 2 aromatic rings. The fraction of sp³-hybridized carbons (Fsp3) is 0.333. The topological polar surface area (TPSA) is 72.0 Å². The summed E-state index contributed by atoms with van der Waals surface area (Å²) < 4.78 is 27.9. The van der Waals surface area contributed by atoms with Crippen LogP contribution in [-0.2, 0) is 10.0 Å². The van der Waals surface area contributed by atoms with Gasteiger partial charge < -0.3 is 0 Å². The number of hydrogen-bond acceptors (Lipinski definition) is 5. The number of thiazole rings is 1. The Morgan fingerprint density at radius 3 is 2.60 bits per heavy atom. The molecule has 2 rings (SSSR count). The molecule has 0 amide bonds. The maximum Gasteiger partial charge on any atom is 0.242 e. The normalized spacial score (nSPS) is 13.4.